The quantitative estimate of drug-likeness (QED) is 0.797. The molecule has 96 valence electrons. The Hall–Kier alpha value is -2.09. The summed E-state index contributed by atoms with van der Waals surface area (Å²) in [6.45, 7) is 5.51. The molecule has 1 amide bonds. The Morgan fingerprint density at radius 2 is 2.11 bits per heavy atom. The maximum absolute atomic E-state index is 11.9. The molecule has 1 rings (SSSR count). The molecule has 1 heterocycles. The van der Waals surface area contributed by atoms with Crippen LogP contribution in [-0.2, 0) is 11.3 Å². The van der Waals surface area contributed by atoms with Crippen LogP contribution in [0.15, 0.2) is 16.9 Å². The van der Waals surface area contributed by atoms with E-state index in [1.807, 2.05) is 19.9 Å². The molecule has 0 saturated heterocycles. The normalized spacial score (nSPS) is 10.2. The maximum atomic E-state index is 11.9. The predicted octanol–water partition coefficient (Wildman–Crippen LogP) is 0.895. The van der Waals surface area contributed by atoms with Crippen molar-refractivity contribution in [2.75, 3.05) is 7.05 Å². The van der Waals surface area contributed by atoms with Crippen LogP contribution in [0.3, 0.4) is 0 Å². The minimum Gasteiger partial charge on any atom is -0.342 e. The number of pyridine rings is 1. The van der Waals surface area contributed by atoms with Gasteiger partial charge in [0.2, 0.25) is 5.91 Å². The van der Waals surface area contributed by atoms with Crippen molar-refractivity contribution in [3.05, 3.63) is 33.7 Å². The number of nitrogens with zero attached hydrogens (tertiary/aromatic N) is 3. The van der Waals surface area contributed by atoms with Gasteiger partial charge in [-0.3, -0.25) is 9.59 Å². The zero-order chi connectivity index (χ0) is 13.9. The summed E-state index contributed by atoms with van der Waals surface area (Å²) in [5, 5.41) is 8.81. The Bertz CT molecular complexity index is 552. The number of aryl methyl sites for hydroxylation is 1. The summed E-state index contributed by atoms with van der Waals surface area (Å²) in [6, 6.07) is 5.05. The highest BCUT2D eigenvalue weighted by molar-refractivity contribution is 5.76. The fourth-order valence-corrected chi connectivity index (χ4v) is 1.49. The van der Waals surface area contributed by atoms with E-state index in [2.05, 4.69) is 0 Å². The molecule has 1 aromatic rings. The van der Waals surface area contributed by atoms with Crippen molar-refractivity contribution >= 4 is 5.91 Å². The van der Waals surface area contributed by atoms with Gasteiger partial charge in [-0.2, -0.15) is 5.26 Å². The molecule has 0 atom stereocenters. The van der Waals surface area contributed by atoms with Gasteiger partial charge in [0.1, 0.15) is 18.2 Å². The molecule has 0 unspecified atom stereocenters. The lowest BCUT2D eigenvalue weighted by molar-refractivity contribution is -0.132. The number of rotatable bonds is 3. The highest BCUT2D eigenvalue weighted by Gasteiger charge is 2.15. The number of likely N-dealkylation sites (N-methyl/N-ethyl adjacent to an activating group) is 1. The molecule has 0 radical (unpaired) electrons. The van der Waals surface area contributed by atoms with E-state index in [0.717, 1.165) is 0 Å². The van der Waals surface area contributed by atoms with Crippen molar-refractivity contribution in [1.29, 1.82) is 5.26 Å². The van der Waals surface area contributed by atoms with Crippen LogP contribution in [0, 0.1) is 18.3 Å². The summed E-state index contributed by atoms with van der Waals surface area (Å²) in [6.07, 6.45) is 0. The monoisotopic (exact) mass is 247 g/mol. The van der Waals surface area contributed by atoms with Crippen LogP contribution in [0.25, 0.3) is 0 Å². The van der Waals surface area contributed by atoms with Gasteiger partial charge in [-0.25, -0.2) is 0 Å². The predicted molar refractivity (Wildman–Crippen MR) is 68.1 cm³/mol. The lowest BCUT2D eigenvalue weighted by Crippen LogP contribution is -2.38. The van der Waals surface area contributed by atoms with Gasteiger partial charge in [0.25, 0.3) is 5.56 Å². The first-order valence-corrected chi connectivity index (χ1v) is 5.74. The van der Waals surface area contributed by atoms with E-state index < -0.39 is 5.56 Å². The van der Waals surface area contributed by atoms with Crippen LogP contribution in [0.2, 0.25) is 0 Å². The molecule has 0 aromatic carbocycles. The van der Waals surface area contributed by atoms with Crippen LogP contribution < -0.4 is 5.56 Å². The van der Waals surface area contributed by atoms with E-state index in [1.54, 1.807) is 24.9 Å². The number of carbonyl (C=O) groups is 1. The molecular weight excluding hydrogens is 230 g/mol. The van der Waals surface area contributed by atoms with Crippen LogP contribution in [0.5, 0.6) is 0 Å². The molecule has 0 bridgehead atoms. The molecule has 1 aromatic heterocycles. The average molecular weight is 247 g/mol. The third-order valence-electron chi connectivity index (χ3n) is 2.97. The van der Waals surface area contributed by atoms with E-state index in [1.165, 1.54) is 10.6 Å². The van der Waals surface area contributed by atoms with Gasteiger partial charge in [-0.15, -0.1) is 0 Å². The Morgan fingerprint density at radius 3 is 2.61 bits per heavy atom. The van der Waals surface area contributed by atoms with Crippen molar-refractivity contribution in [2.45, 2.75) is 33.4 Å². The number of nitriles is 1. The first-order chi connectivity index (χ1) is 8.38. The Kier molecular flexibility index (Phi) is 4.27. The highest BCUT2D eigenvalue weighted by atomic mass is 16.2. The standard InChI is InChI=1S/C13H17N3O2/c1-9(2)15(4)12(17)8-16-10(3)5-6-11(7-14)13(16)18/h5-6,9H,8H2,1-4H3. The number of carbonyl (C=O) groups excluding carboxylic acids is 1. The molecular formula is C13H17N3O2. The zero-order valence-corrected chi connectivity index (χ0v) is 11.1. The van der Waals surface area contributed by atoms with Crippen LogP contribution >= 0.6 is 0 Å². The molecule has 0 aliphatic heterocycles. The summed E-state index contributed by atoms with van der Waals surface area (Å²) in [7, 11) is 1.70. The summed E-state index contributed by atoms with van der Waals surface area (Å²) < 4.78 is 1.33. The molecule has 5 heteroatoms. The Balaban J connectivity index is 3.10. The third-order valence-corrected chi connectivity index (χ3v) is 2.97. The maximum Gasteiger partial charge on any atom is 0.269 e. The van der Waals surface area contributed by atoms with E-state index in [9.17, 15) is 9.59 Å². The van der Waals surface area contributed by atoms with Crippen molar-refractivity contribution in [3.8, 4) is 6.07 Å². The van der Waals surface area contributed by atoms with Gasteiger partial charge in [0, 0.05) is 18.8 Å². The minimum atomic E-state index is -0.414. The summed E-state index contributed by atoms with van der Waals surface area (Å²) in [4.78, 5) is 25.4. The Labute approximate surface area is 106 Å². The molecule has 0 aliphatic rings. The summed E-state index contributed by atoms with van der Waals surface area (Å²) in [5.74, 6) is -0.148. The number of hydrogen-bond acceptors (Lipinski definition) is 3. The lowest BCUT2D eigenvalue weighted by atomic mass is 10.2. The smallest absolute Gasteiger partial charge is 0.269 e. The summed E-state index contributed by atoms with van der Waals surface area (Å²) >= 11 is 0. The molecule has 0 spiro atoms. The first-order valence-electron chi connectivity index (χ1n) is 5.74. The second kappa shape index (κ2) is 5.50. The number of amides is 1. The number of hydrogen-bond donors (Lipinski definition) is 0. The van der Waals surface area contributed by atoms with Gasteiger partial charge >= 0.3 is 0 Å². The van der Waals surface area contributed by atoms with Gasteiger partial charge in [-0.05, 0) is 32.9 Å². The first kappa shape index (κ1) is 14.0. The minimum absolute atomic E-state index is 0.0329. The van der Waals surface area contributed by atoms with Crippen molar-refractivity contribution < 1.29 is 4.79 Å². The number of aromatic nitrogens is 1. The molecule has 0 aliphatic carbocycles. The largest absolute Gasteiger partial charge is 0.342 e. The molecule has 0 fully saturated rings. The Morgan fingerprint density at radius 1 is 1.50 bits per heavy atom. The van der Waals surface area contributed by atoms with Crippen LogP contribution in [0.1, 0.15) is 25.1 Å². The summed E-state index contributed by atoms with van der Waals surface area (Å²) in [5.41, 5.74) is 0.313. The van der Waals surface area contributed by atoms with Crippen molar-refractivity contribution in [1.82, 2.24) is 9.47 Å². The molecule has 0 saturated carbocycles. The average Bonchev–Trinajstić information content (AvgIpc) is 2.33. The van der Waals surface area contributed by atoms with Gasteiger partial charge < -0.3 is 9.47 Å². The van der Waals surface area contributed by atoms with E-state index in [-0.39, 0.29) is 24.1 Å². The van der Waals surface area contributed by atoms with Crippen LogP contribution in [-0.4, -0.2) is 28.5 Å². The SMILES string of the molecule is Cc1ccc(C#N)c(=O)n1CC(=O)N(C)C(C)C. The molecule has 0 N–H and O–H groups in total. The van der Waals surface area contributed by atoms with Crippen molar-refractivity contribution in [2.24, 2.45) is 0 Å². The van der Waals surface area contributed by atoms with Gasteiger partial charge in [-0.1, -0.05) is 0 Å². The zero-order valence-electron chi connectivity index (χ0n) is 11.1. The van der Waals surface area contributed by atoms with E-state index in [0.29, 0.717) is 5.69 Å². The highest BCUT2D eigenvalue weighted by Crippen LogP contribution is 2.01. The van der Waals surface area contributed by atoms with Crippen molar-refractivity contribution in [3.63, 3.8) is 0 Å². The van der Waals surface area contributed by atoms with E-state index in [4.69, 9.17) is 5.26 Å². The van der Waals surface area contributed by atoms with E-state index >= 15 is 0 Å². The fraction of sp³-hybridized carbons (Fsp3) is 0.462. The topological polar surface area (TPSA) is 66.1 Å². The van der Waals surface area contributed by atoms with Crippen LogP contribution in [0.4, 0.5) is 0 Å². The second-order valence-corrected chi connectivity index (χ2v) is 4.49. The lowest BCUT2D eigenvalue weighted by Gasteiger charge is -2.22. The van der Waals surface area contributed by atoms with Gasteiger partial charge in [0.05, 0.1) is 0 Å². The second-order valence-electron chi connectivity index (χ2n) is 4.49. The third kappa shape index (κ3) is 2.77. The molecule has 18 heavy (non-hydrogen) atoms. The molecule has 5 nitrogen and oxygen atoms in total. The fourth-order valence-electron chi connectivity index (χ4n) is 1.49. The van der Waals surface area contributed by atoms with Gasteiger partial charge in [0.15, 0.2) is 0 Å².